The Morgan fingerprint density at radius 3 is 2.88 bits per heavy atom. The number of hydrogen-bond acceptors (Lipinski definition) is 3. The Kier molecular flexibility index (Phi) is 5.71. The maximum absolute atomic E-state index is 5.68. The van der Waals surface area contributed by atoms with Crippen molar-refractivity contribution in [1.29, 1.82) is 0 Å². The maximum Gasteiger partial charge on any atom is 0.205 e. The number of nitrogens with two attached hydrogens (primary N) is 1. The summed E-state index contributed by atoms with van der Waals surface area (Å²) in [6.45, 7) is 7.99. The third-order valence-corrected chi connectivity index (χ3v) is 2.96. The van der Waals surface area contributed by atoms with Gasteiger partial charge in [0.05, 0.1) is 5.60 Å². The van der Waals surface area contributed by atoms with Gasteiger partial charge in [-0.05, 0) is 33.1 Å². The normalized spacial score (nSPS) is 24.5. The Morgan fingerprint density at radius 1 is 1.53 bits per heavy atom. The molecule has 1 heterocycles. The number of guanidine groups is 1. The van der Waals surface area contributed by atoms with Gasteiger partial charge in [-0.3, -0.25) is 10.4 Å². The maximum atomic E-state index is 5.68. The molecule has 0 aromatic rings. The number of hydrazine groups is 1. The third kappa shape index (κ3) is 5.37. The Morgan fingerprint density at radius 2 is 2.29 bits per heavy atom. The highest BCUT2D eigenvalue weighted by Crippen LogP contribution is 2.23. The number of ether oxygens (including phenoxy) is 1. The van der Waals surface area contributed by atoms with Gasteiger partial charge < -0.3 is 10.1 Å². The number of rotatable bonds is 4. The largest absolute Gasteiger partial charge is 0.375 e. The zero-order chi connectivity index (χ0) is 12.7. The van der Waals surface area contributed by atoms with Gasteiger partial charge in [-0.1, -0.05) is 13.3 Å². The first-order valence-electron chi connectivity index (χ1n) is 6.49. The van der Waals surface area contributed by atoms with Crippen LogP contribution < -0.4 is 16.6 Å². The molecule has 1 saturated heterocycles. The predicted molar refractivity (Wildman–Crippen MR) is 70.7 cm³/mol. The third-order valence-electron chi connectivity index (χ3n) is 2.96. The molecule has 0 aliphatic carbocycles. The van der Waals surface area contributed by atoms with Crippen molar-refractivity contribution in [2.24, 2.45) is 10.8 Å². The summed E-state index contributed by atoms with van der Waals surface area (Å²) in [5, 5.41) is 3.35. The van der Waals surface area contributed by atoms with Gasteiger partial charge >= 0.3 is 0 Å². The fraction of sp³-hybridized carbons (Fsp3) is 0.917. The van der Waals surface area contributed by atoms with Crippen molar-refractivity contribution in [2.45, 2.75) is 58.1 Å². The number of nitrogens with zero attached hydrogens (tertiary/aromatic N) is 1. The van der Waals surface area contributed by atoms with Crippen LogP contribution in [-0.2, 0) is 4.74 Å². The summed E-state index contributed by atoms with van der Waals surface area (Å²) >= 11 is 0. The quantitative estimate of drug-likeness (QED) is 0.227. The SMILES string of the molecule is CCCCN=C(NN)NC1CCOC(C)(C)C1. The molecule has 0 aromatic carbocycles. The van der Waals surface area contributed by atoms with Crippen molar-refractivity contribution in [2.75, 3.05) is 13.2 Å². The van der Waals surface area contributed by atoms with E-state index in [1.165, 1.54) is 0 Å². The van der Waals surface area contributed by atoms with E-state index in [4.69, 9.17) is 10.6 Å². The minimum atomic E-state index is -0.0565. The summed E-state index contributed by atoms with van der Waals surface area (Å²) in [5.41, 5.74) is 2.58. The molecule has 1 aliphatic heterocycles. The Labute approximate surface area is 104 Å². The van der Waals surface area contributed by atoms with Gasteiger partial charge in [0.1, 0.15) is 0 Å². The summed E-state index contributed by atoms with van der Waals surface area (Å²) < 4.78 is 5.68. The van der Waals surface area contributed by atoms with Gasteiger partial charge in [0, 0.05) is 19.2 Å². The minimum absolute atomic E-state index is 0.0565. The first-order chi connectivity index (χ1) is 8.07. The molecule has 1 fully saturated rings. The lowest BCUT2D eigenvalue weighted by molar-refractivity contribution is -0.0605. The summed E-state index contributed by atoms with van der Waals surface area (Å²) in [7, 11) is 0. The number of aliphatic imine (C=N–C) groups is 1. The van der Waals surface area contributed by atoms with Crippen molar-refractivity contribution in [3.8, 4) is 0 Å². The zero-order valence-corrected chi connectivity index (χ0v) is 11.3. The minimum Gasteiger partial charge on any atom is -0.375 e. The lowest BCUT2D eigenvalue weighted by Crippen LogP contribution is -2.51. The first-order valence-corrected chi connectivity index (χ1v) is 6.49. The molecular formula is C12H26N4O. The summed E-state index contributed by atoms with van der Waals surface area (Å²) in [4.78, 5) is 4.40. The lowest BCUT2D eigenvalue weighted by atomic mass is 9.94. The molecule has 5 heteroatoms. The van der Waals surface area contributed by atoms with Crippen LogP contribution in [0, 0.1) is 0 Å². The van der Waals surface area contributed by atoms with Gasteiger partial charge in [0.2, 0.25) is 5.96 Å². The van der Waals surface area contributed by atoms with Crippen LogP contribution in [0.25, 0.3) is 0 Å². The van der Waals surface area contributed by atoms with Crippen LogP contribution in [0.2, 0.25) is 0 Å². The van der Waals surface area contributed by atoms with Crippen LogP contribution in [-0.4, -0.2) is 30.8 Å². The van der Waals surface area contributed by atoms with Crippen molar-refractivity contribution >= 4 is 5.96 Å². The molecule has 0 bridgehead atoms. The fourth-order valence-electron chi connectivity index (χ4n) is 2.03. The summed E-state index contributed by atoms with van der Waals surface area (Å²) in [5.74, 6) is 6.16. The van der Waals surface area contributed by atoms with E-state index in [9.17, 15) is 0 Å². The van der Waals surface area contributed by atoms with E-state index in [1.54, 1.807) is 0 Å². The smallest absolute Gasteiger partial charge is 0.205 e. The summed E-state index contributed by atoms with van der Waals surface area (Å²) in [6, 6.07) is 0.384. The molecule has 0 spiro atoms. The van der Waals surface area contributed by atoms with Gasteiger partial charge in [-0.2, -0.15) is 0 Å². The second-order valence-electron chi connectivity index (χ2n) is 5.17. The van der Waals surface area contributed by atoms with E-state index in [1.807, 2.05) is 0 Å². The molecule has 0 aromatic heterocycles. The predicted octanol–water partition coefficient (Wildman–Crippen LogP) is 1.15. The molecule has 0 saturated carbocycles. The zero-order valence-electron chi connectivity index (χ0n) is 11.3. The highest BCUT2D eigenvalue weighted by atomic mass is 16.5. The van der Waals surface area contributed by atoms with E-state index >= 15 is 0 Å². The second kappa shape index (κ2) is 6.81. The van der Waals surface area contributed by atoms with Crippen LogP contribution in [0.1, 0.15) is 46.5 Å². The molecule has 1 atom stereocenters. The van der Waals surface area contributed by atoms with Crippen LogP contribution >= 0.6 is 0 Å². The second-order valence-corrected chi connectivity index (χ2v) is 5.17. The van der Waals surface area contributed by atoms with E-state index in [0.717, 1.165) is 38.8 Å². The molecule has 4 N–H and O–H groups in total. The Hall–Kier alpha value is -0.810. The van der Waals surface area contributed by atoms with Crippen molar-refractivity contribution in [3.05, 3.63) is 0 Å². The molecule has 100 valence electrons. The number of hydrogen-bond donors (Lipinski definition) is 3. The Bertz CT molecular complexity index is 253. The number of nitrogens with one attached hydrogen (secondary N) is 2. The molecule has 1 aliphatic rings. The van der Waals surface area contributed by atoms with Gasteiger partial charge in [-0.15, -0.1) is 0 Å². The highest BCUT2D eigenvalue weighted by molar-refractivity contribution is 5.79. The van der Waals surface area contributed by atoms with E-state index < -0.39 is 0 Å². The van der Waals surface area contributed by atoms with E-state index in [-0.39, 0.29) is 5.60 Å². The summed E-state index contributed by atoms with van der Waals surface area (Å²) in [6.07, 6.45) is 4.21. The molecule has 1 rings (SSSR count). The topological polar surface area (TPSA) is 71.7 Å². The van der Waals surface area contributed by atoms with Crippen molar-refractivity contribution < 1.29 is 4.74 Å². The number of unbranched alkanes of at least 4 members (excludes halogenated alkanes) is 1. The van der Waals surface area contributed by atoms with E-state index in [2.05, 4.69) is 36.5 Å². The molecule has 0 amide bonds. The standard InChI is InChI=1S/C12H26N4O/c1-4-5-7-14-11(16-13)15-10-6-8-17-12(2,3)9-10/h10H,4-9,13H2,1-3H3,(H2,14,15,16). The van der Waals surface area contributed by atoms with Gasteiger partial charge in [0.15, 0.2) is 0 Å². The van der Waals surface area contributed by atoms with Crippen molar-refractivity contribution in [1.82, 2.24) is 10.7 Å². The van der Waals surface area contributed by atoms with E-state index in [0.29, 0.717) is 12.0 Å². The lowest BCUT2D eigenvalue weighted by Gasteiger charge is -2.36. The van der Waals surface area contributed by atoms with Crippen LogP contribution in [0.15, 0.2) is 4.99 Å². The average molecular weight is 242 g/mol. The first kappa shape index (κ1) is 14.3. The monoisotopic (exact) mass is 242 g/mol. The van der Waals surface area contributed by atoms with Gasteiger partial charge in [0.25, 0.3) is 0 Å². The van der Waals surface area contributed by atoms with Crippen molar-refractivity contribution in [3.63, 3.8) is 0 Å². The highest BCUT2D eigenvalue weighted by Gasteiger charge is 2.29. The fourth-order valence-corrected chi connectivity index (χ4v) is 2.03. The Balaban J connectivity index is 2.42. The molecule has 17 heavy (non-hydrogen) atoms. The molecule has 1 unspecified atom stereocenters. The van der Waals surface area contributed by atoms with Gasteiger partial charge in [-0.25, -0.2) is 5.84 Å². The molecule has 5 nitrogen and oxygen atoms in total. The van der Waals surface area contributed by atoms with Crippen LogP contribution in [0.5, 0.6) is 0 Å². The average Bonchev–Trinajstić information content (AvgIpc) is 2.26. The van der Waals surface area contributed by atoms with Crippen LogP contribution in [0.3, 0.4) is 0 Å². The van der Waals surface area contributed by atoms with Crippen LogP contribution in [0.4, 0.5) is 0 Å². The molecular weight excluding hydrogens is 216 g/mol. The molecule has 0 radical (unpaired) electrons.